The molecule has 2 rings (SSSR count). The van der Waals surface area contributed by atoms with Gasteiger partial charge in [0.15, 0.2) is 5.82 Å². The fourth-order valence-electron chi connectivity index (χ4n) is 2.29. The first-order chi connectivity index (χ1) is 9.65. The van der Waals surface area contributed by atoms with Crippen LogP contribution < -0.4 is 5.73 Å². The summed E-state index contributed by atoms with van der Waals surface area (Å²) >= 11 is 3.39. The molecular formula is C13H21BrN4O2. The molecule has 112 valence electrons. The number of hydrogen-bond acceptors (Lipinski definition) is 6. The summed E-state index contributed by atoms with van der Waals surface area (Å²) in [6.45, 7) is 6.10. The second-order valence-electron chi connectivity index (χ2n) is 4.82. The molecule has 0 aromatic carbocycles. The zero-order chi connectivity index (χ0) is 14.5. The van der Waals surface area contributed by atoms with Crippen LogP contribution in [0.15, 0.2) is 4.47 Å². The largest absolute Gasteiger partial charge is 0.383 e. The predicted molar refractivity (Wildman–Crippen MR) is 80.3 cm³/mol. The van der Waals surface area contributed by atoms with Crippen molar-refractivity contribution in [3.63, 3.8) is 0 Å². The minimum absolute atomic E-state index is 0.124. The molecule has 6 nitrogen and oxygen atoms in total. The normalized spacial score (nSPS) is 20.2. The number of nitrogens with two attached hydrogens (primary N) is 1. The lowest BCUT2D eigenvalue weighted by molar-refractivity contribution is -0.0343. The maximum Gasteiger partial charge on any atom is 0.161 e. The average molecular weight is 345 g/mol. The first-order valence-corrected chi connectivity index (χ1v) is 7.59. The second kappa shape index (κ2) is 7.31. The van der Waals surface area contributed by atoms with Crippen LogP contribution in [0.1, 0.15) is 31.0 Å². The molecule has 1 aromatic rings. The van der Waals surface area contributed by atoms with Gasteiger partial charge in [0.2, 0.25) is 0 Å². The Balaban J connectivity index is 2.19. The number of nitrogens with zero attached hydrogens (tertiary/aromatic N) is 3. The Kier molecular flexibility index (Phi) is 5.71. The van der Waals surface area contributed by atoms with Crippen molar-refractivity contribution in [1.29, 1.82) is 0 Å². The summed E-state index contributed by atoms with van der Waals surface area (Å²) < 4.78 is 11.6. The molecule has 20 heavy (non-hydrogen) atoms. The van der Waals surface area contributed by atoms with E-state index in [4.69, 9.17) is 15.2 Å². The summed E-state index contributed by atoms with van der Waals surface area (Å²) in [4.78, 5) is 11.2. The SMILES string of the molecule is CCCN1CCOC(c2nc(N)c(Br)c(COC)n2)C1. The van der Waals surface area contributed by atoms with Crippen LogP contribution in [0, 0.1) is 0 Å². The summed E-state index contributed by atoms with van der Waals surface area (Å²) in [6, 6.07) is 0. The number of nitrogen functional groups attached to an aromatic ring is 1. The molecule has 2 heterocycles. The summed E-state index contributed by atoms with van der Waals surface area (Å²) in [7, 11) is 1.63. The van der Waals surface area contributed by atoms with E-state index >= 15 is 0 Å². The molecule has 0 bridgehead atoms. The highest BCUT2D eigenvalue weighted by Crippen LogP contribution is 2.26. The highest BCUT2D eigenvalue weighted by molar-refractivity contribution is 9.10. The molecule has 0 saturated carbocycles. The molecule has 1 atom stereocenters. The predicted octanol–water partition coefficient (Wildman–Crippen LogP) is 1.75. The third-order valence-electron chi connectivity index (χ3n) is 3.22. The van der Waals surface area contributed by atoms with E-state index < -0.39 is 0 Å². The molecule has 0 amide bonds. The van der Waals surface area contributed by atoms with E-state index in [9.17, 15) is 0 Å². The molecule has 2 N–H and O–H groups in total. The topological polar surface area (TPSA) is 73.5 Å². The van der Waals surface area contributed by atoms with Gasteiger partial charge in [0.25, 0.3) is 0 Å². The molecular weight excluding hydrogens is 324 g/mol. The van der Waals surface area contributed by atoms with E-state index in [0.717, 1.165) is 31.7 Å². The Morgan fingerprint density at radius 1 is 1.50 bits per heavy atom. The minimum Gasteiger partial charge on any atom is -0.383 e. The first-order valence-electron chi connectivity index (χ1n) is 6.80. The van der Waals surface area contributed by atoms with Gasteiger partial charge in [0.1, 0.15) is 11.9 Å². The second-order valence-corrected chi connectivity index (χ2v) is 5.61. The molecule has 0 radical (unpaired) electrons. The maximum absolute atomic E-state index is 5.93. The smallest absolute Gasteiger partial charge is 0.161 e. The van der Waals surface area contributed by atoms with Gasteiger partial charge in [-0.1, -0.05) is 6.92 Å². The molecule has 0 aliphatic carbocycles. The average Bonchev–Trinajstić information content (AvgIpc) is 2.44. The van der Waals surface area contributed by atoms with E-state index in [0.29, 0.717) is 29.3 Å². The Morgan fingerprint density at radius 3 is 3.00 bits per heavy atom. The number of hydrogen-bond donors (Lipinski definition) is 1. The van der Waals surface area contributed by atoms with Crippen LogP contribution in [0.25, 0.3) is 0 Å². The Bertz CT molecular complexity index is 456. The highest BCUT2D eigenvalue weighted by atomic mass is 79.9. The quantitative estimate of drug-likeness (QED) is 0.877. The number of morpholine rings is 1. The number of rotatable bonds is 5. The first kappa shape index (κ1) is 15.6. The van der Waals surface area contributed by atoms with Crippen molar-refractivity contribution in [2.75, 3.05) is 39.1 Å². The molecule has 1 aliphatic heterocycles. The summed E-state index contributed by atoms with van der Waals surface area (Å²) in [6.07, 6.45) is 1.01. The number of aromatic nitrogens is 2. The lowest BCUT2D eigenvalue weighted by atomic mass is 10.2. The molecule has 1 aromatic heterocycles. The third-order valence-corrected chi connectivity index (χ3v) is 4.09. The van der Waals surface area contributed by atoms with Crippen LogP contribution in [0.3, 0.4) is 0 Å². The molecule has 1 fully saturated rings. The zero-order valence-electron chi connectivity index (χ0n) is 11.9. The van der Waals surface area contributed by atoms with E-state index in [1.807, 2.05) is 0 Å². The van der Waals surface area contributed by atoms with Crippen LogP contribution >= 0.6 is 15.9 Å². The maximum atomic E-state index is 5.93. The van der Waals surface area contributed by atoms with Crippen molar-refractivity contribution < 1.29 is 9.47 Å². The lowest BCUT2D eigenvalue weighted by Crippen LogP contribution is -2.39. The minimum atomic E-state index is -0.124. The summed E-state index contributed by atoms with van der Waals surface area (Å²) in [5.74, 6) is 1.07. The van der Waals surface area contributed by atoms with Crippen molar-refractivity contribution in [1.82, 2.24) is 14.9 Å². The number of methoxy groups -OCH3 is 1. The Morgan fingerprint density at radius 2 is 2.30 bits per heavy atom. The Labute approximate surface area is 127 Å². The highest BCUT2D eigenvalue weighted by Gasteiger charge is 2.25. The van der Waals surface area contributed by atoms with Gasteiger partial charge in [0, 0.05) is 20.2 Å². The Hall–Kier alpha value is -0.760. The van der Waals surface area contributed by atoms with Gasteiger partial charge in [0.05, 0.1) is 23.4 Å². The van der Waals surface area contributed by atoms with Crippen molar-refractivity contribution in [3.05, 3.63) is 16.0 Å². The monoisotopic (exact) mass is 344 g/mol. The number of halogens is 1. The van der Waals surface area contributed by atoms with Crippen molar-refractivity contribution in [2.45, 2.75) is 26.1 Å². The van der Waals surface area contributed by atoms with E-state index in [1.165, 1.54) is 0 Å². The third kappa shape index (κ3) is 3.66. The molecule has 0 spiro atoms. The number of anilines is 1. The molecule has 7 heteroatoms. The number of ether oxygens (including phenoxy) is 2. The van der Waals surface area contributed by atoms with E-state index in [1.54, 1.807) is 7.11 Å². The van der Waals surface area contributed by atoms with Crippen LogP contribution in [0.5, 0.6) is 0 Å². The summed E-state index contributed by atoms with van der Waals surface area (Å²) in [5, 5.41) is 0. The van der Waals surface area contributed by atoms with Crippen LogP contribution in [-0.4, -0.2) is 48.2 Å². The molecule has 1 saturated heterocycles. The van der Waals surface area contributed by atoms with Gasteiger partial charge in [-0.05, 0) is 28.9 Å². The van der Waals surface area contributed by atoms with Gasteiger partial charge in [-0.3, -0.25) is 4.90 Å². The van der Waals surface area contributed by atoms with Crippen LogP contribution in [0.2, 0.25) is 0 Å². The van der Waals surface area contributed by atoms with Gasteiger partial charge in [-0.15, -0.1) is 0 Å². The van der Waals surface area contributed by atoms with Crippen LogP contribution in [0.4, 0.5) is 5.82 Å². The van der Waals surface area contributed by atoms with Gasteiger partial charge in [-0.25, -0.2) is 9.97 Å². The van der Waals surface area contributed by atoms with Gasteiger partial charge in [-0.2, -0.15) is 0 Å². The van der Waals surface area contributed by atoms with E-state index in [-0.39, 0.29) is 6.10 Å². The van der Waals surface area contributed by atoms with Crippen molar-refractivity contribution in [2.24, 2.45) is 0 Å². The lowest BCUT2D eigenvalue weighted by Gasteiger charge is -2.32. The fourth-order valence-corrected chi connectivity index (χ4v) is 2.58. The zero-order valence-corrected chi connectivity index (χ0v) is 13.5. The van der Waals surface area contributed by atoms with Crippen molar-refractivity contribution >= 4 is 21.7 Å². The fraction of sp³-hybridized carbons (Fsp3) is 0.692. The standard InChI is InChI=1S/C13H21BrN4O2/c1-3-4-18-5-6-20-10(7-18)13-16-9(8-19-2)11(14)12(15)17-13/h10H,3-8H2,1-2H3,(H2,15,16,17). The van der Waals surface area contributed by atoms with E-state index in [2.05, 4.69) is 37.7 Å². The molecule has 1 aliphatic rings. The van der Waals surface area contributed by atoms with Gasteiger partial charge >= 0.3 is 0 Å². The van der Waals surface area contributed by atoms with Crippen LogP contribution in [-0.2, 0) is 16.1 Å². The molecule has 1 unspecified atom stereocenters. The van der Waals surface area contributed by atoms with Crippen molar-refractivity contribution in [3.8, 4) is 0 Å². The van der Waals surface area contributed by atoms with Gasteiger partial charge < -0.3 is 15.2 Å². The summed E-state index contributed by atoms with van der Waals surface area (Å²) in [5.41, 5.74) is 6.68.